The SMILES string of the molecule is CC1CC(C)(C)Nc2cc3c(cc21)C(c1ccccc1C(=O)N(C)CCCC(=O)NCC#Cc1cn([C@H]2CC[C@@H](COP(=O)(O)OP(=O)(O)OP(=O)([O-])O)O2)c(=O)nc1N)=c1cc2c(cc1O3)=[NH+]C(C)(C)CC2C. The molecule has 1 fully saturated rings. The number of nitrogen functional groups attached to an aromatic ring is 1. The summed E-state index contributed by atoms with van der Waals surface area (Å²) in [4.78, 5) is 87.8. The quantitative estimate of drug-likeness (QED) is 0.0584. The Morgan fingerprint density at radius 1 is 1.00 bits per heavy atom. The summed E-state index contributed by atoms with van der Waals surface area (Å²) >= 11 is 0. The molecule has 4 aromatic rings. The number of hydrogen-bond acceptors (Lipinski definition) is 15. The monoisotopic (exact) mass is 1080 g/mol. The van der Waals surface area contributed by atoms with Gasteiger partial charge in [0.05, 0.1) is 30.9 Å². The summed E-state index contributed by atoms with van der Waals surface area (Å²) in [5.74, 6) is 6.81. The summed E-state index contributed by atoms with van der Waals surface area (Å²) in [5, 5.41) is 8.40. The Hall–Kier alpha value is -5.52. The van der Waals surface area contributed by atoms with Crippen LogP contribution in [0, 0.1) is 11.8 Å². The highest BCUT2D eigenvalue weighted by atomic mass is 31.3. The van der Waals surface area contributed by atoms with E-state index >= 15 is 0 Å². The molecule has 8 rings (SSSR count). The van der Waals surface area contributed by atoms with Gasteiger partial charge >= 0.3 is 21.3 Å². The average Bonchev–Trinajstić information content (AvgIpc) is 3.75. The summed E-state index contributed by atoms with van der Waals surface area (Å²) in [6.45, 7) is 12.8. The number of phosphoric acid groups is 3. The van der Waals surface area contributed by atoms with Crippen LogP contribution in [0.1, 0.15) is 136 Å². The van der Waals surface area contributed by atoms with E-state index in [-0.39, 0.29) is 78.5 Å². The molecule has 2 amide bonds. The van der Waals surface area contributed by atoms with Crippen molar-refractivity contribution in [2.24, 2.45) is 0 Å². The maximum atomic E-state index is 14.5. The van der Waals surface area contributed by atoms with Crippen molar-refractivity contribution in [2.75, 3.05) is 37.8 Å². The number of phosphoric ester groups is 1. The lowest BCUT2D eigenvalue weighted by atomic mass is 9.79. The van der Waals surface area contributed by atoms with Crippen LogP contribution in [0.4, 0.5) is 11.5 Å². The Bertz CT molecular complexity index is 3330. The largest absolute Gasteiger partial charge is 0.756 e. The van der Waals surface area contributed by atoms with Gasteiger partial charge < -0.3 is 50.3 Å². The summed E-state index contributed by atoms with van der Waals surface area (Å²) in [7, 11) is -15.3. The molecule has 3 aromatic carbocycles. The van der Waals surface area contributed by atoms with E-state index in [1.807, 2.05) is 24.3 Å². The maximum absolute atomic E-state index is 14.5. The summed E-state index contributed by atoms with van der Waals surface area (Å²) in [5.41, 5.74) is 11.6. The second-order valence-electron chi connectivity index (χ2n) is 20.4. The fraction of sp³-hybridized carbons (Fsp3) is 0.449. The van der Waals surface area contributed by atoms with Crippen LogP contribution in [0.3, 0.4) is 0 Å². The first-order valence-corrected chi connectivity index (χ1v) is 28.4. The molecule has 4 aliphatic heterocycles. The minimum absolute atomic E-state index is 0.0877. The minimum Gasteiger partial charge on any atom is -0.756 e. The molecule has 22 nitrogen and oxygen atoms in total. The molecule has 396 valence electrons. The number of anilines is 2. The lowest BCUT2D eigenvalue weighted by molar-refractivity contribution is -0.588. The summed E-state index contributed by atoms with van der Waals surface area (Å²) in [6, 6.07) is 16.3. The van der Waals surface area contributed by atoms with Gasteiger partial charge in [-0.25, -0.2) is 23.2 Å². The molecular weight excluding hydrogens is 1020 g/mol. The molecule has 0 spiro atoms. The number of nitrogens with two attached hydrogens (primary N) is 1. The third kappa shape index (κ3) is 12.8. The number of nitrogens with one attached hydrogen (secondary N) is 3. The lowest BCUT2D eigenvalue weighted by Gasteiger charge is -2.38. The molecule has 0 aliphatic carbocycles. The number of carbonyl (C=O) groups excluding carboxylic acids is 2. The van der Waals surface area contributed by atoms with Gasteiger partial charge in [-0.1, -0.05) is 43.9 Å². The highest BCUT2D eigenvalue weighted by Crippen LogP contribution is 2.65. The predicted octanol–water partition coefficient (Wildman–Crippen LogP) is 3.27. The van der Waals surface area contributed by atoms with Crippen molar-refractivity contribution in [3.8, 4) is 23.3 Å². The number of amides is 2. The van der Waals surface area contributed by atoms with Gasteiger partial charge in [0.2, 0.25) is 11.3 Å². The number of ether oxygens (including phenoxy) is 2. The molecule has 1 aromatic heterocycles. The van der Waals surface area contributed by atoms with Gasteiger partial charge in [-0.2, -0.15) is 9.29 Å². The number of rotatable bonds is 15. The van der Waals surface area contributed by atoms with Crippen LogP contribution in [0.15, 0.2) is 59.5 Å². The fourth-order valence-corrected chi connectivity index (χ4v) is 13.3. The van der Waals surface area contributed by atoms with E-state index in [0.717, 1.165) is 50.4 Å². The van der Waals surface area contributed by atoms with Gasteiger partial charge in [0.1, 0.15) is 23.5 Å². The van der Waals surface area contributed by atoms with Crippen molar-refractivity contribution >= 4 is 52.4 Å². The minimum atomic E-state index is -5.82. The summed E-state index contributed by atoms with van der Waals surface area (Å²) < 4.78 is 60.0. The van der Waals surface area contributed by atoms with Gasteiger partial charge in [-0.15, -0.1) is 0 Å². The Morgan fingerprint density at radius 2 is 1.73 bits per heavy atom. The van der Waals surface area contributed by atoms with Crippen LogP contribution in [-0.4, -0.2) is 84.9 Å². The molecule has 5 unspecified atom stereocenters. The van der Waals surface area contributed by atoms with Crippen molar-refractivity contribution in [3.63, 3.8) is 0 Å². The number of nitrogens with zero attached hydrogens (tertiary/aromatic N) is 3. The van der Waals surface area contributed by atoms with E-state index in [9.17, 15) is 42.8 Å². The number of fused-ring (bicyclic) bond motifs is 4. The predicted molar refractivity (Wildman–Crippen MR) is 268 cm³/mol. The van der Waals surface area contributed by atoms with Gasteiger partial charge in [0.25, 0.3) is 13.7 Å². The second-order valence-corrected chi connectivity index (χ2v) is 24.8. The molecule has 1 saturated heterocycles. The number of benzene rings is 3. The molecule has 74 heavy (non-hydrogen) atoms. The van der Waals surface area contributed by atoms with Gasteiger partial charge in [-0.05, 0) is 94.5 Å². The molecule has 0 saturated carbocycles. The zero-order chi connectivity index (χ0) is 53.7. The van der Waals surface area contributed by atoms with Crippen molar-refractivity contribution in [1.29, 1.82) is 0 Å². The topological polar surface area (TPSA) is 317 Å². The van der Waals surface area contributed by atoms with Crippen LogP contribution in [-0.2, 0) is 36.4 Å². The highest BCUT2D eigenvalue weighted by molar-refractivity contribution is 7.66. The first-order valence-electron chi connectivity index (χ1n) is 24.0. The molecule has 25 heteroatoms. The van der Waals surface area contributed by atoms with E-state index < -0.39 is 48.1 Å². The van der Waals surface area contributed by atoms with E-state index in [1.54, 1.807) is 11.9 Å². The van der Waals surface area contributed by atoms with Gasteiger partial charge in [0, 0.05) is 77.4 Å². The van der Waals surface area contributed by atoms with Crippen molar-refractivity contribution in [1.82, 2.24) is 19.8 Å². The van der Waals surface area contributed by atoms with Crippen LogP contribution >= 0.6 is 23.5 Å². The van der Waals surface area contributed by atoms with Crippen molar-refractivity contribution in [3.05, 3.63) is 109 Å². The zero-order valence-electron chi connectivity index (χ0n) is 41.9. The molecule has 8 N–H and O–H groups in total. The number of carbonyl (C=O) groups is 2. The van der Waals surface area contributed by atoms with Gasteiger partial charge in [0.15, 0.2) is 5.54 Å². The van der Waals surface area contributed by atoms with Gasteiger partial charge in [-0.3, -0.25) is 23.2 Å². The molecule has 0 radical (unpaired) electrons. The zero-order valence-corrected chi connectivity index (χ0v) is 44.6. The molecular formula is C49H60N7O15P3. The highest BCUT2D eigenvalue weighted by Gasteiger charge is 2.40. The molecule has 0 bridgehead atoms. The second kappa shape index (κ2) is 20.9. The normalized spacial score (nSPS) is 22.4. The first-order chi connectivity index (χ1) is 34.6. The molecule has 4 aliphatic rings. The molecule has 5 heterocycles. The average molecular weight is 1080 g/mol. The Kier molecular flexibility index (Phi) is 15.5. The van der Waals surface area contributed by atoms with Crippen molar-refractivity contribution in [2.45, 2.75) is 115 Å². The smallest absolute Gasteiger partial charge is 0.487 e. The van der Waals surface area contributed by atoms with Crippen LogP contribution in [0.2, 0.25) is 0 Å². The number of aromatic nitrogens is 2. The third-order valence-corrected chi connectivity index (χ3v) is 17.0. The Balaban J connectivity index is 0.913. The Labute approximate surface area is 426 Å². The maximum Gasteiger partial charge on any atom is 0.487 e. The van der Waals surface area contributed by atoms with E-state index in [4.69, 9.17) is 20.1 Å². The standard InChI is InChI=1S/C49H60N7O15P3/c1-28-24-48(3,4)53-38-22-40-36(20-34(28)38)44(37-21-35-29(2)25-49(5,6)54-39(35)23-41(37)69-40)32-13-8-9-14-33(32)46(58)55(7)19-11-15-42(57)51-18-10-12-30-26-56(47(59)52-45(30)50)43-17-16-31(68-43)27-67-73(63,64)71-74(65,66)70-72(60,61)62/h8-9,13-14,20-23,26,28-29,31,43,53H,11,15-19,24-25,27H2,1-7H3,(H,51,57)(H,63,64)(H,65,66)(H2,50,52,59)(H2,60,61,62)/t28?,29?,31-,43+/m0/s1. The van der Waals surface area contributed by atoms with Crippen LogP contribution in [0.25, 0.3) is 5.57 Å². The first kappa shape index (κ1) is 54.7. The van der Waals surface area contributed by atoms with E-state index in [0.29, 0.717) is 23.5 Å². The van der Waals surface area contributed by atoms with E-state index in [2.05, 4.69) is 111 Å². The Morgan fingerprint density at radius 3 is 2.47 bits per heavy atom. The van der Waals surface area contributed by atoms with Crippen molar-refractivity contribution < 1.29 is 70.5 Å². The van der Waals surface area contributed by atoms with E-state index in [1.165, 1.54) is 17.3 Å². The lowest BCUT2D eigenvalue weighted by Crippen LogP contribution is -2.90. The summed E-state index contributed by atoms with van der Waals surface area (Å²) in [6.07, 6.45) is 2.03. The third-order valence-electron chi connectivity index (χ3n) is 13.2. The fourth-order valence-electron chi connectivity index (χ4n) is 10.2. The number of hydrogen-bond donors (Lipinski definition) is 7. The molecule has 7 atom stereocenters. The van der Waals surface area contributed by atoms with Crippen LogP contribution in [0.5, 0.6) is 11.5 Å². The van der Waals surface area contributed by atoms with Crippen LogP contribution < -0.4 is 47.3 Å².